The molecule has 0 heterocycles. The third kappa shape index (κ3) is 7.24. The van der Waals surface area contributed by atoms with Crippen LogP contribution in [0.4, 0.5) is 0 Å². The summed E-state index contributed by atoms with van der Waals surface area (Å²) in [4.78, 5) is 11.8. The fourth-order valence-corrected chi connectivity index (χ4v) is 2.41. The van der Waals surface area contributed by atoms with E-state index in [2.05, 4.69) is 20.8 Å². The molecule has 0 amide bonds. The minimum Gasteiger partial charge on any atom is -0.459 e. The molecule has 0 saturated heterocycles. The Hall–Kier alpha value is -0.620. The van der Waals surface area contributed by atoms with Crippen molar-refractivity contribution in [2.24, 2.45) is 10.8 Å². The molecule has 0 fully saturated rings. The third-order valence-corrected chi connectivity index (χ3v) is 4.08. The molecule has 5 nitrogen and oxygen atoms in total. The predicted octanol–water partition coefficient (Wildman–Crippen LogP) is 3.05. The van der Waals surface area contributed by atoms with Crippen molar-refractivity contribution in [3.8, 4) is 0 Å². The average Bonchev–Trinajstić information content (AvgIpc) is 2.08. The van der Waals surface area contributed by atoms with Crippen molar-refractivity contribution in [2.45, 2.75) is 66.9 Å². The Morgan fingerprint density at radius 1 is 1.05 bits per heavy atom. The third-order valence-electron chi connectivity index (χ3n) is 3.36. The van der Waals surface area contributed by atoms with Crippen LogP contribution in [0.15, 0.2) is 0 Å². The summed E-state index contributed by atoms with van der Waals surface area (Å²) in [5.41, 5.74) is -1.03. The molecule has 1 atom stereocenters. The lowest BCUT2D eigenvalue weighted by molar-refractivity contribution is -0.174. The van der Waals surface area contributed by atoms with Gasteiger partial charge in [0.2, 0.25) is 0 Å². The van der Waals surface area contributed by atoms with Crippen molar-refractivity contribution in [2.75, 3.05) is 5.75 Å². The number of hydrogen-bond acceptors (Lipinski definition) is 4. The van der Waals surface area contributed by atoms with Gasteiger partial charge in [-0.25, -0.2) is 0 Å². The van der Waals surface area contributed by atoms with Crippen LogP contribution in [0.5, 0.6) is 0 Å². The van der Waals surface area contributed by atoms with Gasteiger partial charge in [-0.05, 0) is 18.8 Å². The molecule has 0 aromatic carbocycles. The summed E-state index contributed by atoms with van der Waals surface area (Å²) >= 11 is 0. The molecule has 0 bridgehead atoms. The Morgan fingerprint density at radius 2 is 1.50 bits per heavy atom. The fraction of sp³-hybridized carbons (Fsp3) is 0.929. The minimum atomic E-state index is -4.15. The van der Waals surface area contributed by atoms with E-state index in [1.165, 1.54) is 0 Å². The zero-order valence-corrected chi connectivity index (χ0v) is 14.4. The number of ether oxygens (including phenoxy) is 1. The van der Waals surface area contributed by atoms with E-state index in [1.807, 2.05) is 27.7 Å². The van der Waals surface area contributed by atoms with Gasteiger partial charge in [-0.3, -0.25) is 9.35 Å². The largest absolute Gasteiger partial charge is 0.459 e. The van der Waals surface area contributed by atoms with Crippen molar-refractivity contribution in [3.63, 3.8) is 0 Å². The average molecular weight is 308 g/mol. The van der Waals surface area contributed by atoms with Crippen molar-refractivity contribution in [3.05, 3.63) is 0 Å². The van der Waals surface area contributed by atoms with Crippen LogP contribution in [-0.2, 0) is 19.6 Å². The highest BCUT2D eigenvalue weighted by Gasteiger charge is 2.43. The van der Waals surface area contributed by atoms with Crippen molar-refractivity contribution >= 4 is 16.1 Å². The van der Waals surface area contributed by atoms with Gasteiger partial charge in [-0.2, -0.15) is 8.42 Å². The van der Waals surface area contributed by atoms with Crippen LogP contribution in [0, 0.1) is 10.8 Å². The van der Waals surface area contributed by atoms with Crippen LogP contribution in [-0.4, -0.2) is 30.3 Å². The molecule has 1 unspecified atom stereocenters. The molecule has 0 rings (SSSR count). The Kier molecular flexibility index (Phi) is 5.83. The lowest BCUT2D eigenvalue weighted by Crippen LogP contribution is -2.47. The summed E-state index contributed by atoms with van der Waals surface area (Å²) in [6.45, 7) is 14.0. The zero-order valence-electron chi connectivity index (χ0n) is 13.6. The molecule has 0 aliphatic carbocycles. The molecule has 0 aliphatic rings. The summed E-state index contributed by atoms with van der Waals surface area (Å²) in [6.07, 6.45) is 0.315. The molecule has 0 spiro atoms. The van der Waals surface area contributed by atoms with Crippen molar-refractivity contribution in [1.82, 2.24) is 0 Å². The Morgan fingerprint density at radius 3 is 1.80 bits per heavy atom. The SMILES string of the molecule is CC(C)(C)CC(C)(OC(=O)CCS(=O)(=O)O)C(C)(C)C. The lowest BCUT2D eigenvalue weighted by Gasteiger charge is -2.44. The molecule has 0 aromatic heterocycles. The minimum absolute atomic E-state index is 0.0363. The first-order chi connectivity index (χ1) is 8.56. The molecular formula is C14H28O5S. The maximum absolute atomic E-state index is 11.8. The number of esters is 1. The Bertz CT molecular complexity index is 439. The van der Waals surface area contributed by atoms with Gasteiger partial charge in [-0.1, -0.05) is 41.5 Å². The van der Waals surface area contributed by atoms with Gasteiger partial charge in [-0.15, -0.1) is 0 Å². The molecule has 0 aliphatic heterocycles. The van der Waals surface area contributed by atoms with Gasteiger partial charge in [0.05, 0.1) is 12.2 Å². The summed E-state index contributed by atoms with van der Waals surface area (Å²) in [5.74, 6) is -1.22. The van der Waals surface area contributed by atoms with Crippen LogP contribution in [0.25, 0.3) is 0 Å². The van der Waals surface area contributed by atoms with Crippen molar-refractivity contribution < 1.29 is 22.5 Å². The van der Waals surface area contributed by atoms with Crippen LogP contribution >= 0.6 is 0 Å². The highest BCUT2D eigenvalue weighted by Crippen LogP contribution is 2.42. The molecule has 0 saturated carbocycles. The van der Waals surface area contributed by atoms with E-state index in [4.69, 9.17) is 9.29 Å². The first-order valence-electron chi connectivity index (χ1n) is 6.73. The number of carbonyl (C=O) groups excluding carboxylic acids is 1. The van der Waals surface area contributed by atoms with Crippen LogP contribution < -0.4 is 0 Å². The molecule has 0 aromatic rings. The standard InChI is InChI=1S/C14H28O5S/c1-12(2,3)10-14(7,13(4,5)6)19-11(15)8-9-20(16,17)18/h8-10H2,1-7H3,(H,16,17,18). The smallest absolute Gasteiger partial charge is 0.307 e. The van der Waals surface area contributed by atoms with Crippen LogP contribution in [0.2, 0.25) is 0 Å². The van der Waals surface area contributed by atoms with E-state index in [0.717, 1.165) is 0 Å². The molecule has 120 valence electrons. The molecular weight excluding hydrogens is 280 g/mol. The molecule has 1 N–H and O–H groups in total. The first kappa shape index (κ1) is 19.4. The molecule has 6 heteroatoms. The van der Waals surface area contributed by atoms with E-state index < -0.39 is 27.4 Å². The summed E-state index contributed by atoms with van der Waals surface area (Å²) in [7, 11) is -4.15. The topological polar surface area (TPSA) is 80.7 Å². The summed E-state index contributed by atoms with van der Waals surface area (Å²) in [5, 5.41) is 0. The van der Waals surface area contributed by atoms with E-state index in [-0.39, 0.29) is 17.3 Å². The van der Waals surface area contributed by atoms with Gasteiger partial charge in [0.1, 0.15) is 5.60 Å². The van der Waals surface area contributed by atoms with Gasteiger partial charge >= 0.3 is 5.97 Å². The normalized spacial score (nSPS) is 16.6. The van der Waals surface area contributed by atoms with E-state index in [9.17, 15) is 13.2 Å². The van der Waals surface area contributed by atoms with E-state index in [0.29, 0.717) is 6.42 Å². The first-order valence-corrected chi connectivity index (χ1v) is 8.34. The highest BCUT2D eigenvalue weighted by atomic mass is 32.2. The van der Waals surface area contributed by atoms with Gasteiger partial charge in [0.15, 0.2) is 0 Å². The lowest BCUT2D eigenvalue weighted by atomic mass is 9.69. The van der Waals surface area contributed by atoms with Gasteiger partial charge < -0.3 is 4.74 Å². The van der Waals surface area contributed by atoms with Crippen LogP contribution in [0.3, 0.4) is 0 Å². The van der Waals surface area contributed by atoms with E-state index in [1.54, 1.807) is 0 Å². The fourth-order valence-electron chi connectivity index (χ4n) is 1.98. The zero-order chi connectivity index (χ0) is 16.4. The summed E-state index contributed by atoms with van der Waals surface area (Å²) in [6, 6.07) is 0. The Labute approximate surface area is 122 Å². The maximum Gasteiger partial charge on any atom is 0.307 e. The number of hydrogen-bond donors (Lipinski definition) is 1. The van der Waals surface area contributed by atoms with E-state index >= 15 is 0 Å². The second kappa shape index (κ2) is 6.02. The Balaban J connectivity index is 4.97. The highest BCUT2D eigenvalue weighted by molar-refractivity contribution is 7.85. The van der Waals surface area contributed by atoms with Gasteiger partial charge in [0.25, 0.3) is 10.1 Å². The number of carbonyl (C=O) groups is 1. The quantitative estimate of drug-likeness (QED) is 0.623. The van der Waals surface area contributed by atoms with Crippen molar-refractivity contribution in [1.29, 1.82) is 0 Å². The maximum atomic E-state index is 11.8. The number of rotatable bonds is 5. The van der Waals surface area contributed by atoms with Crippen LogP contribution in [0.1, 0.15) is 61.3 Å². The second-order valence-electron chi connectivity index (χ2n) is 7.73. The summed E-state index contributed by atoms with van der Waals surface area (Å²) < 4.78 is 35.6. The van der Waals surface area contributed by atoms with Gasteiger partial charge in [0, 0.05) is 5.41 Å². The molecule has 20 heavy (non-hydrogen) atoms. The molecule has 0 radical (unpaired) electrons. The predicted molar refractivity (Wildman–Crippen MR) is 79.1 cm³/mol. The second-order valence-corrected chi connectivity index (χ2v) is 9.30. The monoisotopic (exact) mass is 308 g/mol.